The van der Waals surface area contributed by atoms with E-state index in [0.29, 0.717) is 25.1 Å². The summed E-state index contributed by atoms with van der Waals surface area (Å²) in [6.45, 7) is 4.40. The largest absolute Gasteiger partial charge is 0.507 e. The summed E-state index contributed by atoms with van der Waals surface area (Å²) in [4.78, 5) is 37.7. The number of ether oxygens (including phenoxy) is 1. The molecule has 0 aromatic heterocycles. The number of hydrogen-bond donors (Lipinski definition) is 2. The zero-order chi connectivity index (χ0) is 24.1. The number of benzene rings is 2. The first-order valence-corrected chi connectivity index (χ1v) is 10.8. The van der Waals surface area contributed by atoms with Gasteiger partial charge in [0, 0.05) is 24.2 Å². The zero-order valence-corrected chi connectivity index (χ0v) is 18.5. The van der Waals surface area contributed by atoms with E-state index in [-0.39, 0.29) is 28.3 Å². The van der Waals surface area contributed by atoms with Gasteiger partial charge in [-0.2, -0.15) is 0 Å². The van der Waals surface area contributed by atoms with Crippen LogP contribution in [0.3, 0.4) is 0 Å². The summed E-state index contributed by atoms with van der Waals surface area (Å²) in [6, 6.07) is 8.74. The number of aromatic hydroxyl groups is 1. The van der Waals surface area contributed by atoms with Crippen LogP contribution in [0.15, 0.2) is 48.0 Å². The molecule has 1 unspecified atom stereocenters. The molecule has 0 saturated carbocycles. The minimum absolute atomic E-state index is 0.0843. The number of likely N-dealkylation sites (tertiary alicyclic amines) is 1. The second kappa shape index (κ2) is 10.2. The maximum absolute atomic E-state index is 13.0. The van der Waals surface area contributed by atoms with Crippen LogP contribution < -0.4 is 4.74 Å². The number of rotatable bonds is 9. The van der Waals surface area contributed by atoms with Crippen LogP contribution in [0.2, 0.25) is 0 Å². The second-order valence-electron chi connectivity index (χ2n) is 7.66. The number of amides is 1. The van der Waals surface area contributed by atoms with E-state index in [4.69, 9.17) is 4.74 Å². The third-order valence-corrected chi connectivity index (χ3v) is 5.49. The van der Waals surface area contributed by atoms with Crippen LogP contribution in [-0.2, 0) is 9.59 Å². The summed E-state index contributed by atoms with van der Waals surface area (Å²) in [6.07, 6.45) is 2.46. The van der Waals surface area contributed by atoms with Crippen LogP contribution in [0.1, 0.15) is 50.3 Å². The number of carbonyl (C=O) groups excluding carboxylic acids is 2. The Hall–Kier alpha value is -3.88. The van der Waals surface area contributed by atoms with Crippen LogP contribution in [0.4, 0.5) is 5.69 Å². The number of ketones is 1. The Labute approximate surface area is 191 Å². The Morgan fingerprint density at radius 1 is 1.12 bits per heavy atom. The number of aliphatic hydroxyl groups excluding tert-OH is 1. The number of unbranched alkanes of at least 4 members (excludes halogenated alkanes) is 2. The number of nitro benzene ring substituents is 1. The molecule has 1 fully saturated rings. The SMILES string of the molecule is CCCCCN1C(=O)C(=O)/C(=C(\O)c2ccc([N+](=O)[O-])cc2)C1c1ccc(O)c(OCC)c1. The maximum atomic E-state index is 13.0. The van der Waals surface area contributed by atoms with Crippen molar-refractivity contribution in [2.75, 3.05) is 13.2 Å². The summed E-state index contributed by atoms with van der Waals surface area (Å²) >= 11 is 0. The molecule has 2 aromatic rings. The summed E-state index contributed by atoms with van der Waals surface area (Å²) in [5.74, 6) is -1.87. The average Bonchev–Trinajstić information content (AvgIpc) is 3.05. The van der Waals surface area contributed by atoms with Crippen LogP contribution >= 0.6 is 0 Å². The summed E-state index contributed by atoms with van der Waals surface area (Å²) in [5.41, 5.74) is 0.401. The fraction of sp³-hybridized carbons (Fsp3) is 0.333. The second-order valence-corrected chi connectivity index (χ2v) is 7.66. The molecule has 33 heavy (non-hydrogen) atoms. The molecule has 9 heteroatoms. The van der Waals surface area contributed by atoms with Gasteiger partial charge in [-0.1, -0.05) is 25.8 Å². The van der Waals surface area contributed by atoms with Crippen LogP contribution in [0.5, 0.6) is 11.5 Å². The van der Waals surface area contributed by atoms with E-state index >= 15 is 0 Å². The normalized spacial score (nSPS) is 17.4. The number of phenolic OH excluding ortho intramolecular Hbond substituents is 1. The van der Waals surface area contributed by atoms with E-state index in [2.05, 4.69) is 0 Å². The first-order chi connectivity index (χ1) is 15.8. The topological polar surface area (TPSA) is 130 Å². The minimum Gasteiger partial charge on any atom is -0.507 e. The molecule has 174 valence electrons. The van der Waals surface area contributed by atoms with Gasteiger partial charge in [-0.3, -0.25) is 19.7 Å². The molecule has 0 radical (unpaired) electrons. The lowest BCUT2D eigenvalue weighted by atomic mass is 9.94. The van der Waals surface area contributed by atoms with Gasteiger partial charge in [-0.15, -0.1) is 0 Å². The molecule has 1 atom stereocenters. The highest BCUT2D eigenvalue weighted by atomic mass is 16.6. The van der Waals surface area contributed by atoms with Gasteiger partial charge in [0.05, 0.1) is 23.1 Å². The molecular weight excluding hydrogens is 428 g/mol. The molecule has 1 heterocycles. The number of Topliss-reactive ketones (excluding diaryl/α,β-unsaturated/α-hetero) is 1. The summed E-state index contributed by atoms with van der Waals surface area (Å²) in [5, 5.41) is 32.0. The molecule has 9 nitrogen and oxygen atoms in total. The fourth-order valence-electron chi connectivity index (χ4n) is 3.86. The van der Waals surface area contributed by atoms with Crippen molar-refractivity contribution in [1.29, 1.82) is 0 Å². The molecule has 1 aliphatic heterocycles. The van der Waals surface area contributed by atoms with Gasteiger partial charge in [0.15, 0.2) is 11.5 Å². The number of nitrogens with zero attached hydrogens (tertiary/aromatic N) is 2. The molecule has 0 bridgehead atoms. The summed E-state index contributed by atoms with van der Waals surface area (Å²) in [7, 11) is 0. The minimum atomic E-state index is -0.892. The van der Waals surface area contributed by atoms with E-state index in [9.17, 15) is 29.9 Å². The Morgan fingerprint density at radius 3 is 2.42 bits per heavy atom. The van der Waals surface area contributed by atoms with Crippen molar-refractivity contribution >= 4 is 23.1 Å². The Balaban J connectivity index is 2.14. The molecule has 3 rings (SSSR count). The highest BCUT2D eigenvalue weighted by Gasteiger charge is 2.46. The number of carbonyl (C=O) groups is 2. The highest BCUT2D eigenvalue weighted by Crippen LogP contribution is 2.42. The van der Waals surface area contributed by atoms with E-state index in [1.54, 1.807) is 19.1 Å². The standard InChI is InChI=1S/C24H26N2O7/c1-3-5-6-13-25-21(16-9-12-18(27)19(14-16)33-4-2)20(23(29)24(25)30)22(28)15-7-10-17(11-8-15)26(31)32/h7-12,14,21,27-28H,3-6,13H2,1-2H3/b22-20-. The maximum Gasteiger partial charge on any atom is 0.295 e. The molecule has 1 amide bonds. The zero-order valence-electron chi connectivity index (χ0n) is 18.5. The first-order valence-electron chi connectivity index (χ1n) is 10.8. The smallest absolute Gasteiger partial charge is 0.295 e. The lowest BCUT2D eigenvalue weighted by molar-refractivity contribution is -0.384. The fourth-order valence-corrected chi connectivity index (χ4v) is 3.86. The van der Waals surface area contributed by atoms with Crippen molar-refractivity contribution in [3.8, 4) is 11.5 Å². The van der Waals surface area contributed by atoms with Gasteiger partial charge in [-0.05, 0) is 43.2 Å². The van der Waals surface area contributed by atoms with Crippen LogP contribution in [0, 0.1) is 10.1 Å². The summed E-state index contributed by atoms with van der Waals surface area (Å²) < 4.78 is 5.46. The number of aliphatic hydroxyl groups is 1. The molecule has 0 aliphatic carbocycles. The number of nitro groups is 1. The third-order valence-electron chi connectivity index (χ3n) is 5.49. The quantitative estimate of drug-likeness (QED) is 0.144. The predicted molar refractivity (Wildman–Crippen MR) is 121 cm³/mol. The molecule has 1 saturated heterocycles. The van der Waals surface area contributed by atoms with Gasteiger partial charge < -0.3 is 19.8 Å². The van der Waals surface area contributed by atoms with Crippen molar-refractivity contribution in [2.45, 2.75) is 39.2 Å². The molecule has 2 N–H and O–H groups in total. The van der Waals surface area contributed by atoms with Crippen molar-refractivity contribution in [1.82, 2.24) is 4.90 Å². The van der Waals surface area contributed by atoms with Gasteiger partial charge >= 0.3 is 0 Å². The Kier molecular flexibility index (Phi) is 7.32. The monoisotopic (exact) mass is 454 g/mol. The van der Waals surface area contributed by atoms with E-state index in [1.807, 2.05) is 6.92 Å². The predicted octanol–water partition coefficient (Wildman–Crippen LogP) is 4.31. The average molecular weight is 454 g/mol. The van der Waals surface area contributed by atoms with E-state index in [1.165, 1.54) is 35.2 Å². The third kappa shape index (κ3) is 4.82. The van der Waals surface area contributed by atoms with Crippen molar-refractivity contribution in [3.63, 3.8) is 0 Å². The van der Waals surface area contributed by atoms with E-state index < -0.39 is 28.4 Å². The van der Waals surface area contributed by atoms with Gasteiger partial charge in [0.2, 0.25) is 0 Å². The van der Waals surface area contributed by atoms with Crippen LogP contribution in [-0.4, -0.2) is 44.9 Å². The Morgan fingerprint density at radius 2 is 1.82 bits per heavy atom. The van der Waals surface area contributed by atoms with Gasteiger partial charge in [0.1, 0.15) is 5.76 Å². The molecular formula is C24H26N2O7. The Bertz CT molecular complexity index is 1090. The van der Waals surface area contributed by atoms with Gasteiger partial charge in [-0.25, -0.2) is 0 Å². The first kappa shape index (κ1) is 23.8. The van der Waals surface area contributed by atoms with E-state index in [0.717, 1.165) is 12.8 Å². The van der Waals surface area contributed by atoms with Crippen LogP contribution in [0.25, 0.3) is 5.76 Å². The van der Waals surface area contributed by atoms with Crippen molar-refractivity contribution in [3.05, 3.63) is 69.3 Å². The van der Waals surface area contributed by atoms with Crippen molar-refractivity contribution < 1.29 is 29.5 Å². The molecule has 2 aromatic carbocycles. The molecule has 1 aliphatic rings. The highest BCUT2D eigenvalue weighted by molar-refractivity contribution is 6.46. The number of phenols is 1. The number of non-ortho nitro benzene ring substituents is 1. The molecule has 0 spiro atoms. The van der Waals surface area contributed by atoms with Crippen molar-refractivity contribution in [2.24, 2.45) is 0 Å². The number of hydrogen-bond acceptors (Lipinski definition) is 7. The lowest BCUT2D eigenvalue weighted by Crippen LogP contribution is -2.30. The lowest BCUT2D eigenvalue weighted by Gasteiger charge is -2.26. The van der Waals surface area contributed by atoms with Gasteiger partial charge in [0.25, 0.3) is 17.4 Å².